The predicted molar refractivity (Wildman–Crippen MR) is 222 cm³/mol. The highest BCUT2D eigenvalue weighted by atomic mass is 16.3. The molecule has 0 aliphatic heterocycles. The Morgan fingerprint density at radius 3 is 1.72 bits per heavy atom. The van der Waals surface area contributed by atoms with Crippen LogP contribution in [0.25, 0.3) is 87.7 Å². The first kappa shape index (κ1) is 29.6. The molecule has 0 aliphatic rings. The van der Waals surface area contributed by atoms with Gasteiger partial charge in [0.15, 0.2) is 5.58 Å². The lowest BCUT2D eigenvalue weighted by Gasteiger charge is -2.26. The molecule has 0 aliphatic carbocycles. The van der Waals surface area contributed by atoms with Gasteiger partial charge >= 0.3 is 0 Å². The van der Waals surface area contributed by atoms with E-state index in [-0.39, 0.29) is 0 Å². The first-order valence-corrected chi connectivity index (χ1v) is 18.0. The van der Waals surface area contributed by atoms with Gasteiger partial charge in [-0.3, -0.25) is 0 Å². The first-order chi connectivity index (χ1) is 26.3. The lowest BCUT2D eigenvalue weighted by atomic mass is 9.98. The van der Waals surface area contributed by atoms with Crippen molar-refractivity contribution in [3.8, 4) is 22.3 Å². The van der Waals surface area contributed by atoms with Gasteiger partial charge in [-0.1, -0.05) is 133 Å². The average molecular weight is 678 g/mol. The molecule has 0 amide bonds. The number of fused-ring (bicyclic) bond motifs is 9. The number of anilines is 3. The molecule has 2 aromatic heterocycles. The predicted octanol–water partition coefficient (Wildman–Crippen LogP) is 14.6. The summed E-state index contributed by atoms with van der Waals surface area (Å²) >= 11 is 0. The summed E-state index contributed by atoms with van der Waals surface area (Å²) in [5, 5.41) is 9.23. The van der Waals surface area contributed by atoms with E-state index in [1.54, 1.807) is 0 Å². The molecular formula is C50H31NO2. The van der Waals surface area contributed by atoms with Crippen molar-refractivity contribution in [2.75, 3.05) is 4.90 Å². The van der Waals surface area contributed by atoms with Crippen LogP contribution >= 0.6 is 0 Å². The highest BCUT2D eigenvalue weighted by Crippen LogP contribution is 2.44. The minimum atomic E-state index is 0.860. The molecule has 2 heterocycles. The van der Waals surface area contributed by atoms with Gasteiger partial charge in [-0.2, -0.15) is 0 Å². The van der Waals surface area contributed by atoms with E-state index in [2.05, 4.69) is 181 Å². The van der Waals surface area contributed by atoms with Crippen LogP contribution in [0.1, 0.15) is 0 Å². The smallest absolute Gasteiger partial charge is 0.159 e. The molecule has 0 atom stereocenters. The third kappa shape index (κ3) is 4.75. The normalized spacial score (nSPS) is 11.8. The molecule has 9 aromatic carbocycles. The standard InChI is InChI=1S/C50H31NO2/c1-3-12-39-33(9-1)11-7-15-40(39)35-21-27-38(28-22-35)51(46-17-8-16-43-44-29-23-34-10-2-4-13-41(34)49(44)53-50(43)46)37-25-19-32(20-26-37)36-24-30-48-45(31-36)42-14-5-6-18-47(42)52-48/h1-31H. The Hall–Kier alpha value is -7.10. The molecule has 0 fully saturated rings. The molecule has 248 valence electrons. The fourth-order valence-corrected chi connectivity index (χ4v) is 8.09. The maximum absolute atomic E-state index is 6.87. The quantitative estimate of drug-likeness (QED) is 0.182. The lowest BCUT2D eigenvalue weighted by Crippen LogP contribution is -2.10. The van der Waals surface area contributed by atoms with Gasteiger partial charge in [-0.05, 0) is 93.0 Å². The molecule has 53 heavy (non-hydrogen) atoms. The van der Waals surface area contributed by atoms with E-state index < -0.39 is 0 Å². The average Bonchev–Trinajstić information content (AvgIpc) is 3.80. The zero-order valence-corrected chi connectivity index (χ0v) is 28.7. The van der Waals surface area contributed by atoms with E-state index in [9.17, 15) is 0 Å². The van der Waals surface area contributed by atoms with Gasteiger partial charge in [0.05, 0.1) is 5.69 Å². The van der Waals surface area contributed by atoms with Crippen molar-refractivity contribution in [3.63, 3.8) is 0 Å². The zero-order valence-electron chi connectivity index (χ0n) is 28.7. The van der Waals surface area contributed by atoms with E-state index in [1.807, 2.05) is 12.1 Å². The third-order valence-corrected chi connectivity index (χ3v) is 10.7. The van der Waals surface area contributed by atoms with Gasteiger partial charge in [0, 0.05) is 38.3 Å². The van der Waals surface area contributed by atoms with Crippen molar-refractivity contribution < 1.29 is 8.83 Å². The summed E-state index contributed by atoms with van der Waals surface area (Å²) in [6, 6.07) is 66.8. The van der Waals surface area contributed by atoms with Crippen LogP contribution in [-0.4, -0.2) is 0 Å². The van der Waals surface area contributed by atoms with E-state index in [4.69, 9.17) is 8.83 Å². The SMILES string of the molecule is c1ccc2c(-c3ccc(N(c4ccc(-c5ccc6oc7ccccc7c6c5)cc4)c4cccc5c4oc4c6ccccc6ccc54)cc3)cccc2c1. The number of hydrogen-bond donors (Lipinski definition) is 0. The summed E-state index contributed by atoms with van der Waals surface area (Å²) < 4.78 is 13.0. The molecule has 11 rings (SSSR count). The largest absolute Gasteiger partial charge is 0.456 e. The van der Waals surface area contributed by atoms with Crippen LogP contribution in [0.3, 0.4) is 0 Å². The summed E-state index contributed by atoms with van der Waals surface area (Å²) in [6.45, 7) is 0. The molecule has 3 heteroatoms. The van der Waals surface area contributed by atoms with Crippen LogP contribution in [0.15, 0.2) is 197 Å². The molecule has 0 spiro atoms. The lowest BCUT2D eigenvalue weighted by molar-refractivity contribution is 0.669. The Kier molecular flexibility index (Phi) is 6.55. The maximum atomic E-state index is 6.87. The summed E-state index contributed by atoms with van der Waals surface area (Å²) in [6.07, 6.45) is 0. The molecule has 0 saturated heterocycles. The molecule has 0 unspecified atom stereocenters. The third-order valence-electron chi connectivity index (χ3n) is 10.7. The summed E-state index contributed by atoms with van der Waals surface area (Å²) in [5.41, 5.74) is 11.3. The van der Waals surface area contributed by atoms with Crippen molar-refractivity contribution in [3.05, 3.63) is 188 Å². The summed E-state index contributed by atoms with van der Waals surface area (Å²) in [5.74, 6) is 0. The van der Waals surface area contributed by atoms with Crippen LogP contribution in [-0.2, 0) is 0 Å². The van der Waals surface area contributed by atoms with Crippen LogP contribution in [0.5, 0.6) is 0 Å². The van der Waals surface area contributed by atoms with Gasteiger partial charge in [0.25, 0.3) is 0 Å². The molecule has 11 aromatic rings. The van der Waals surface area contributed by atoms with Crippen molar-refractivity contribution in [2.24, 2.45) is 0 Å². The van der Waals surface area contributed by atoms with Crippen molar-refractivity contribution in [1.82, 2.24) is 0 Å². The highest BCUT2D eigenvalue weighted by molar-refractivity contribution is 6.17. The molecule has 0 bridgehead atoms. The molecule has 0 radical (unpaired) electrons. The second-order valence-electron chi connectivity index (χ2n) is 13.7. The Bertz CT molecular complexity index is 3160. The molecule has 0 saturated carbocycles. The van der Waals surface area contributed by atoms with Crippen LogP contribution in [0.4, 0.5) is 17.1 Å². The van der Waals surface area contributed by atoms with Gasteiger partial charge in [-0.15, -0.1) is 0 Å². The van der Waals surface area contributed by atoms with E-state index in [0.29, 0.717) is 0 Å². The number of nitrogens with zero attached hydrogens (tertiary/aromatic N) is 1. The fourth-order valence-electron chi connectivity index (χ4n) is 8.09. The Labute approximate surface area is 305 Å². The Morgan fingerprint density at radius 2 is 0.906 bits per heavy atom. The molecular weight excluding hydrogens is 647 g/mol. The minimum Gasteiger partial charge on any atom is -0.456 e. The highest BCUT2D eigenvalue weighted by Gasteiger charge is 2.21. The number of para-hydroxylation sites is 2. The topological polar surface area (TPSA) is 29.5 Å². The zero-order chi connectivity index (χ0) is 34.9. The van der Waals surface area contributed by atoms with Gasteiger partial charge in [-0.25, -0.2) is 0 Å². The monoisotopic (exact) mass is 677 g/mol. The Morgan fingerprint density at radius 1 is 0.321 bits per heavy atom. The van der Waals surface area contributed by atoms with Gasteiger partial charge in [0.2, 0.25) is 0 Å². The Balaban J connectivity index is 1.07. The fraction of sp³-hybridized carbons (Fsp3) is 0. The summed E-state index contributed by atoms with van der Waals surface area (Å²) in [4.78, 5) is 2.32. The van der Waals surface area contributed by atoms with Crippen LogP contribution < -0.4 is 4.90 Å². The second kappa shape index (κ2) is 11.7. The maximum Gasteiger partial charge on any atom is 0.159 e. The van der Waals surface area contributed by atoms with E-state index in [0.717, 1.165) is 77.5 Å². The van der Waals surface area contributed by atoms with Crippen LogP contribution in [0, 0.1) is 0 Å². The van der Waals surface area contributed by atoms with Gasteiger partial charge < -0.3 is 13.7 Å². The van der Waals surface area contributed by atoms with Crippen molar-refractivity contribution in [2.45, 2.75) is 0 Å². The van der Waals surface area contributed by atoms with E-state index in [1.165, 1.54) is 27.3 Å². The van der Waals surface area contributed by atoms with Gasteiger partial charge in [0.1, 0.15) is 16.7 Å². The molecule has 0 N–H and O–H groups in total. The number of benzene rings is 9. The first-order valence-electron chi connectivity index (χ1n) is 18.0. The van der Waals surface area contributed by atoms with Crippen molar-refractivity contribution >= 4 is 82.5 Å². The molecule has 3 nitrogen and oxygen atoms in total. The minimum absolute atomic E-state index is 0.860. The second-order valence-corrected chi connectivity index (χ2v) is 13.7. The number of furan rings is 2. The van der Waals surface area contributed by atoms with Crippen LogP contribution in [0.2, 0.25) is 0 Å². The number of rotatable bonds is 5. The van der Waals surface area contributed by atoms with E-state index >= 15 is 0 Å². The van der Waals surface area contributed by atoms with Crippen molar-refractivity contribution in [1.29, 1.82) is 0 Å². The number of hydrogen-bond acceptors (Lipinski definition) is 3. The summed E-state index contributed by atoms with van der Waals surface area (Å²) in [7, 11) is 0.